The van der Waals surface area contributed by atoms with Crippen LogP contribution in [-0.2, 0) is 6.42 Å². The maximum absolute atomic E-state index is 13.3. The molecule has 7 nitrogen and oxygen atoms in total. The van der Waals surface area contributed by atoms with Gasteiger partial charge in [0.25, 0.3) is 5.91 Å². The van der Waals surface area contributed by atoms with Gasteiger partial charge < -0.3 is 15.5 Å². The van der Waals surface area contributed by atoms with E-state index >= 15 is 0 Å². The number of phenolic OH excluding ortho intramolecular Hbond substituents is 1. The van der Waals surface area contributed by atoms with Gasteiger partial charge in [-0.1, -0.05) is 24.3 Å². The summed E-state index contributed by atoms with van der Waals surface area (Å²) < 4.78 is 13.3. The summed E-state index contributed by atoms with van der Waals surface area (Å²) in [7, 11) is 0. The second kappa shape index (κ2) is 9.40. The lowest BCUT2D eigenvalue weighted by Crippen LogP contribution is -2.39. The van der Waals surface area contributed by atoms with Gasteiger partial charge in [-0.05, 0) is 36.4 Å². The minimum Gasteiger partial charge on any atom is -0.507 e. The molecule has 8 heteroatoms. The van der Waals surface area contributed by atoms with E-state index < -0.39 is 11.9 Å². The van der Waals surface area contributed by atoms with Crippen LogP contribution in [0.15, 0.2) is 72.9 Å². The highest BCUT2D eigenvalue weighted by atomic mass is 19.1. The molecule has 0 saturated carbocycles. The number of hydrogen-bond donors (Lipinski definition) is 4. The number of aromatic amines is 1. The number of nitrogens with zero attached hydrogens (tertiary/aromatic N) is 2. The number of hydrogen-bond acceptors (Lipinski definition) is 5. The molecule has 0 fully saturated rings. The minimum atomic E-state index is -0.544. The summed E-state index contributed by atoms with van der Waals surface area (Å²) in [6.45, 7) is -0.235. The number of carbonyl (C=O) groups is 1. The number of amides is 1. The van der Waals surface area contributed by atoms with Gasteiger partial charge in [0.1, 0.15) is 11.6 Å². The highest BCUT2D eigenvalue weighted by molar-refractivity contribution is 6.00. The van der Waals surface area contributed by atoms with E-state index in [1.807, 2.05) is 12.1 Å². The van der Waals surface area contributed by atoms with Crippen LogP contribution in [0.25, 0.3) is 22.5 Å². The zero-order valence-electron chi connectivity index (χ0n) is 17.0. The zero-order valence-corrected chi connectivity index (χ0v) is 17.0. The van der Waals surface area contributed by atoms with E-state index in [0.29, 0.717) is 34.5 Å². The number of aliphatic hydroxyl groups excluding tert-OH is 1. The molecule has 4 N–H and O–H groups in total. The summed E-state index contributed by atoms with van der Waals surface area (Å²) in [5.74, 6) is -1.12. The number of aliphatic hydroxyl groups is 1. The number of pyridine rings is 1. The number of halogens is 1. The molecule has 4 aromatic rings. The lowest BCUT2D eigenvalue weighted by molar-refractivity contribution is 0.0917. The van der Waals surface area contributed by atoms with E-state index in [1.54, 1.807) is 42.6 Å². The number of phenols is 1. The molecular weight excluding hydrogens is 411 g/mol. The molecule has 0 spiro atoms. The van der Waals surface area contributed by atoms with Crippen molar-refractivity contribution in [2.24, 2.45) is 0 Å². The molecule has 162 valence electrons. The number of benzene rings is 2. The molecule has 1 atom stereocenters. The van der Waals surface area contributed by atoms with Crippen molar-refractivity contribution < 1.29 is 19.4 Å². The van der Waals surface area contributed by atoms with Crippen LogP contribution in [0.5, 0.6) is 5.75 Å². The minimum absolute atomic E-state index is 0.216. The molecule has 0 aliphatic heterocycles. The molecule has 0 radical (unpaired) electrons. The molecule has 2 heterocycles. The Labute approximate surface area is 183 Å². The van der Waals surface area contributed by atoms with E-state index in [4.69, 9.17) is 0 Å². The number of H-pyrrole nitrogens is 1. The summed E-state index contributed by atoms with van der Waals surface area (Å²) in [5.41, 5.74) is 3.08. The molecular formula is C24H21FN4O3. The van der Waals surface area contributed by atoms with Crippen molar-refractivity contribution in [1.82, 2.24) is 20.5 Å². The first kappa shape index (κ1) is 21.2. The Bertz CT molecular complexity index is 1230. The van der Waals surface area contributed by atoms with E-state index in [2.05, 4.69) is 20.5 Å². The van der Waals surface area contributed by atoms with Crippen LogP contribution in [0.3, 0.4) is 0 Å². The van der Waals surface area contributed by atoms with Gasteiger partial charge in [-0.2, -0.15) is 5.10 Å². The molecule has 2 aromatic heterocycles. The predicted octanol–water partition coefficient (Wildman–Crippen LogP) is 3.32. The van der Waals surface area contributed by atoms with Gasteiger partial charge in [-0.25, -0.2) is 4.39 Å². The maximum atomic E-state index is 13.3. The van der Waals surface area contributed by atoms with Crippen molar-refractivity contribution in [3.05, 3.63) is 90.0 Å². The third kappa shape index (κ3) is 4.65. The normalized spacial score (nSPS) is 11.8. The molecule has 4 rings (SSSR count). The van der Waals surface area contributed by atoms with E-state index in [9.17, 15) is 19.4 Å². The van der Waals surface area contributed by atoms with Gasteiger partial charge >= 0.3 is 0 Å². The van der Waals surface area contributed by atoms with Crippen molar-refractivity contribution in [2.45, 2.75) is 12.5 Å². The second-order valence-corrected chi connectivity index (χ2v) is 7.25. The van der Waals surface area contributed by atoms with Crippen LogP contribution in [0, 0.1) is 5.82 Å². The quantitative estimate of drug-likeness (QED) is 0.358. The molecule has 0 aliphatic carbocycles. The number of nitrogens with one attached hydrogen (secondary N) is 2. The Morgan fingerprint density at radius 2 is 1.88 bits per heavy atom. The summed E-state index contributed by atoms with van der Waals surface area (Å²) in [6.07, 6.45) is 2.05. The Kier molecular flexibility index (Phi) is 6.23. The van der Waals surface area contributed by atoms with Crippen LogP contribution >= 0.6 is 0 Å². The zero-order chi connectivity index (χ0) is 22.5. The molecule has 1 amide bonds. The number of rotatable bonds is 7. The maximum Gasteiger partial charge on any atom is 0.252 e. The first-order valence-corrected chi connectivity index (χ1v) is 10.0. The van der Waals surface area contributed by atoms with Crippen LogP contribution in [0.1, 0.15) is 16.1 Å². The fourth-order valence-corrected chi connectivity index (χ4v) is 3.43. The van der Waals surface area contributed by atoms with Gasteiger partial charge in [-0.15, -0.1) is 0 Å². The first-order valence-electron chi connectivity index (χ1n) is 10.0. The summed E-state index contributed by atoms with van der Waals surface area (Å²) in [6, 6.07) is 17.3. The largest absolute Gasteiger partial charge is 0.507 e. The number of carbonyl (C=O) groups excluding carboxylic acids is 1. The highest BCUT2D eigenvalue weighted by Crippen LogP contribution is 2.31. The topological polar surface area (TPSA) is 111 Å². The fraction of sp³-hybridized carbons (Fsp3) is 0.125. The summed E-state index contributed by atoms with van der Waals surface area (Å²) in [4.78, 5) is 17.2. The second-order valence-electron chi connectivity index (χ2n) is 7.25. The molecule has 0 saturated heterocycles. The van der Waals surface area contributed by atoms with Crippen LogP contribution in [0.4, 0.5) is 4.39 Å². The van der Waals surface area contributed by atoms with E-state index in [0.717, 1.165) is 11.8 Å². The smallest absolute Gasteiger partial charge is 0.252 e. The van der Waals surface area contributed by atoms with Gasteiger partial charge in [-0.3, -0.25) is 14.9 Å². The van der Waals surface area contributed by atoms with Crippen LogP contribution in [0.2, 0.25) is 0 Å². The van der Waals surface area contributed by atoms with Gasteiger partial charge in [0.05, 0.1) is 24.0 Å². The number of aromatic hydroxyl groups is 1. The SMILES string of the molecule is O=C(N[C@@H](CO)Cc1ccccn1)c1ccccc1-c1cc(-c2ccc(F)cc2O)[nH]n1. The Morgan fingerprint density at radius 1 is 1.06 bits per heavy atom. The average Bonchev–Trinajstić information content (AvgIpc) is 3.29. The molecule has 2 aromatic carbocycles. The molecule has 0 bridgehead atoms. The van der Waals surface area contributed by atoms with Gasteiger partial charge in [0.15, 0.2) is 0 Å². The van der Waals surface area contributed by atoms with Crippen molar-refractivity contribution >= 4 is 5.91 Å². The first-order chi connectivity index (χ1) is 15.5. The fourth-order valence-electron chi connectivity index (χ4n) is 3.43. The van der Waals surface area contributed by atoms with Crippen molar-refractivity contribution in [3.63, 3.8) is 0 Å². The van der Waals surface area contributed by atoms with E-state index in [1.165, 1.54) is 12.1 Å². The molecule has 0 unspecified atom stereocenters. The Balaban J connectivity index is 1.58. The monoisotopic (exact) mass is 432 g/mol. The van der Waals surface area contributed by atoms with Crippen molar-refractivity contribution in [1.29, 1.82) is 0 Å². The number of aromatic nitrogens is 3. The Hall–Kier alpha value is -4.04. The van der Waals surface area contributed by atoms with Gasteiger partial charge in [0.2, 0.25) is 0 Å². The standard InChI is InChI=1S/C24H21FN4O3/c25-15-8-9-20(23(31)11-15)22-13-21(28-29-22)18-6-1-2-7-19(18)24(32)27-17(14-30)12-16-5-3-4-10-26-16/h1-11,13,17,30-31H,12,14H2,(H,27,32)(H,28,29)/t17-/m1/s1. The Morgan fingerprint density at radius 3 is 2.62 bits per heavy atom. The predicted molar refractivity (Wildman–Crippen MR) is 117 cm³/mol. The molecule has 0 aliphatic rings. The van der Waals surface area contributed by atoms with Crippen molar-refractivity contribution in [2.75, 3.05) is 6.61 Å². The van der Waals surface area contributed by atoms with Crippen molar-refractivity contribution in [3.8, 4) is 28.3 Å². The highest BCUT2D eigenvalue weighted by Gasteiger charge is 2.19. The average molecular weight is 432 g/mol. The van der Waals surface area contributed by atoms with Crippen LogP contribution in [-0.4, -0.2) is 44.0 Å². The van der Waals surface area contributed by atoms with E-state index in [-0.39, 0.29) is 18.3 Å². The lowest BCUT2D eigenvalue weighted by atomic mass is 10.0. The summed E-state index contributed by atoms with van der Waals surface area (Å²) >= 11 is 0. The third-order valence-corrected chi connectivity index (χ3v) is 5.01. The molecule has 32 heavy (non-hydrogen) atoms. The van der Waals surface area contributed by atoms with Gasteiger partial charge in [0, 0.05) is 41.1 Å². The van der Waals surface area contributed by atoms with Crippen LogP contribution < -0.4 is 5.32 Å². The third-order valence-electron chi connectivity index (χ3n) is 5.01. The lowest BCUT2D eigenvalue weighted by Gasteiger charge is -2.17. The summed E-state index contributed by atoms with van der Waals surface area (Å²) in [5, 5.41) is 29.7.